The lowest BCUT2D eigenvalue weighted by atomic mass is 9.85. The molecule has 1 saturated carbocycles. The predicted octanol–water partition coefficient (Wildman–Crippen LogP) is 7.27. The van der Waals surface area contributed by atoms with Crippen molar-refractivity contribution in [1.82, 2.24) is 5.06 Å². The summed E-state index contributed by atoms with van der Waals surface area (Å²) in [4.78, 5) is 36.8. The average molecular weight is 1200 g/mol. The summed E-state index contributed by atoms with van der Waals surface area (Å²) in [6.07, 6.45) is 2.77. The fourth-order valence-electron chi connectivity index (χ4n) is 6.81. The summed E-state index contributed by atoms with van der Waals surface area (Å²) in [5.74, 6) is -11.2. The van der Waals surface area contributed by atoms with E-state index in [-0.39, 0.29) is 40.0 Å². The first kappa shape index (κ1) is 60.5. The molecular formula is C40H29F12NO18S5. The van der Waals surface area contributed by atoms with Crippen LogP contribution in [-0.2, 0) is 68.6 Å². The van der Waals surface area contributed by atoms with Crippen LogP contribution in [-0.4, -0.2) is 86.8 Å². The molecule has 2 aliphatic carbocycles. The number of benzene rings is 4. The highest BCUT2D eigenvalue weighted by atomic mass is 32.2. The number of para-hydroxylation sites is 1. The molecule has 1 saturated heterocycles. The number of ketones is 1. The third-order valence-corrected chi connectivity index (χ3v) is 15.3. The highest BCUT2D eigenvalue weighted by Crippen LogP contribution is 2.53. The number of aryl methyl sites for hydroxylation is 1. The van der Waals surface area contributed by atoms with Crippen LogP contribution in [0.2, 0.25) is 0 Å². The zero-order chi connectivity index (χ0) is 57.4. The number of rotatable bonds is 14. The highest BCUT2D eigenvalue weighted by molar-refractivity contribution is 7.89. The molecule has 0 aromatic heterocycles. The van der Waals surface area contributed by atoms with Crippen LogP contribution in [0.1, 0.15) is 34.0 Å². The molecule has 416 valence electrons. The van der Waals surface area contributed by atoms with E-state index in [2.05, 4.69) is 16.8 Å². The van der Waals surface area contributed by atoms with Gasteiger partial charge in [0.15, 0.2) is 23.4 Å². The summed E-state index contributed by atoms with van der Waals surface area (Å²) >= 11 is 0. The third-order valence-electron chi connectivity index (χ3n) is 10.2. The van der Waals surface area contributed by atoms with Gasteiger partial charge in [-0.15, -0.1) is 9.35 Å². The molecule has 0 spiro atoms. The summed E-state index contributed by atoms with van der Waals surface area (Å²) < 4.78 is 280. The number of halogens is 12. The highest BCUT2D eigenvalue weighted by Gasteiger charge is 2.63. The van der Waals surface area contributed by atoms with Gasteiger partial charge in [-0.25, -0.2) is 4.18 Å². The van der Waals surface area contributed by atoms with E-state index in [9.17, 15) is 109 Å². The number of amides is 2. The van der Waals surface area contributed by atoms with E-state index in [1.54, 1.807) is 84.9 Å². The number of Topliss-reactive ketones (excluding diaryl/α,β-unsaturated/α-hetero) is 1. The normalized spacial score (nSPS) is 19.4. The molecule has 19 nitrogen and oxygen atoms in total. The number of hydrogen-bond acceptors (Lipinski definition) is 18. The number of hydroxylamine groups is 2. The van der Waals surface area contributed by atoms with Crippen LogP contribution in [0.3, 0.4) is 0 Å². The van der Waals surface area contributed by atoms with Gasteiger partial charge in [-0.2, -0.15) is 94.8 Å². The molecule has 4 aromatic rings. The van der Waals surface area contributed by atoms with Crippen LogP contribution in [0.5, 0.6) is 17.2 Å². The minimum atomic E-state index is -6.89. The van der Waals surface area contributed by atoms with Crippen molar-refractivity contribution in [1.29, 1.82) is 0 Å². The van der Waals surface area contributed by atoms with Crippen LogP contribution in [0, 0.1) is 30.6 Å². The molecule has 36 heteroatoms. The van der Waals surface area contributed by atoms with Crippen LogP contribution >= 0.6 is 0 Å². The van der Waals surface area contributed by atoms with Crippen molar-refractivity contribution < 1.29 is 130 Å². The molecule has 2 amide bonds. The van der Waals surface area contributed by atoms with E-state index < -0.39 is 125 Å². The Bertz CT molecular complexity index is 3350. The molecule has 76 heavy (non-hydrogen) atoms. The summed E-state index contributed by atoms with van der Waals surface area (Å²) in [7, 11) is -30.5. The third kappa shape index (κ3) is 13.4. The predicted molar refractivity (Wildman–Crippen MR) is 228 cm³/mol. The molecule has 3 aliphatic rings. The Labute approximate surface area is 421 Å². The van der Waals surface area contributed by atoms with Crippen molar-refractivity contribution in [2.45, 2.75) is 46.4 Å². The number of imide groups is 1. The van der Waals surface area contributed by atoms with E-state index >= 15 is 0 Å². The first-order valence-corrected chi connectivity index (χ1v) is 27.0. The monoisotopic (exact) mass is 1200 g/mol. The number of carbonyl (C=O) groups is 3. The zero-order valence-electron chi connectivity index (χ0n) is 36.9. The first-order valence-electron chi connectivity index (χ1n) is 20.0. The lowest BCUT2D eigenvalue weighted by Gasteiger charge is -2.17. The standard InChI is InChI=1S/C21H18O4S.C10H8F3NO5S.C9H3F9O9S3/c1-16-12-14-19(15-13-16)26(23,24)25-21(18-10-6-3-7-11-18)20(22)17-8-4-2-5-9-17;11-10(12,13)20(17,18)19-14-8(15)6-4-1-2-5(3-4)7(6)9(14)16;10-7(11,12)28(19,20)25-4-2-1-3-5(26-29(21,22)8(13,14)15)6(4)27-30(23,24)9(16,17)18/h2-15,21H,1H3;1-2,4-7H,3H2;1-3H. The van der Waals surface area contributed by atoms with Gasteiger partial charge in [0, 0.05) is 5.56 Å². The summed E-state index contributed by atoms with van der Waals surface area (Å²) in [6, 6.07) is 23.7. The number of fused-ring (bicyclic) bond motifs is 5. The lowest BCUT2D eigenvalue weighted by molar-refractivity contribution is -0.169. The van der Waals surface area contributed by atoms with Crippen LogP contribution in [0.15, 0.2) is 120 Å². The quantitative estimate of drug-likeness (QED) is 0.0300. The Kier molecular flexibility index (Phi) is 17.2. The van der Waals surface area contributed by atoms with Crippen LogP contribution in [0.4, 0.5) is 52.7 Å². The number of hydrogen-bond donors (Lipinski definition) is 0. The van der Waals surface area contributed by atoms with Gasteiger partial charge >= 0.3 is 62.5 Å². The number of alkyl halides is 12. The van der Waals surface area contributed by atoms with Gasteiger partial charge in [-0.1, -0.05) is 96.6 Å². The van der Waals surface area contributed by atoms with Crippen LogP contribution in [0.25, 0.3) is 0 Å². The molecule has 1 heterocycles. The molecule has 2 fully saturated rings. The van der Waals surface area contributed by atoms with Crippen LogP contribution < -0.4 is 12.5 Å². The fourth-order valence-corrected chi connectivity index (χ4v) is 9.67. The molecule has 4 aromatic carbocycles. The second-order valence-electron chi connectivity index (χ2n) is 15.4. The lowest BCUT2D eigenvalue weighted by Crippen LogP contribution is -2.39. The topological polar surface area (TPSA) is 271 Å². The van der Waals surface area contributed by atoms with Crippen molar-refractivity contribution >= 4 is 68.2 Å². The van der Waals surface area contributed by atoms with E-state index in [1.807, 2.05) is 6.92 Å². The molecule has 5 atom stereocenters. The molecule has 5 unspecified atom stereocenters. The van der Waals surface area contributed by atoms with Crippen molar-refractivity contribution in [2.24, 2.45) is 23.7 Å². The van der Waals surface area contributed by atoms with E-state index in [0.29, 0.717) is 17.5 Å². The molecule has 0 N–H and O–H groups in total. The SMILES string of the molecule is Cc1ccc(S(=O)(=O)OC(C(=O)c2ccccc2)c2ccccc2)cc1.O=C1C2C3C=CC(C3)C2C(=O)N1OS(=O)(=O)C(F)(F)F.O=S(=O)(Oc1cccc(OS(=O)(=O)C(F)(F)F)c1OS(=O)(=O)C(F)(F)F)C(F)(F)F. The van der Waals surface area contributed by atoms with Gasteiger partial charge in [-0.3, -0.25) is 14.4 Å². The molecule has 7 rings (SSSR count). The zero-order valence-corrected chi connectivity index (χ0v) is 41.0. The minimum absolute atomic E-state index is 0.00240. The van der Waals surface area contributed by atoms with Crippen molar-refractivity contribution in [3.05, 3.63) is 132 Å². The minimum Gasteiger partial charge on any atom is -0.372 e. The van der Waals surface area contributed by atoms with Crippen molar-refractivity contribution in [3.8, 4) is 17.2 Å². The Balaban J connectivity index is 0.000000214. The Hall–Kier alpha value is -6.34. The smallest absolute Gasteiger partial charge is 0.372 e. The van der Waals surface area contributed by atoms with Gasteiger partial charge in [0.2, 0.25) is 5.75 Å². The summed E-state index contributed by atoms with van der Waals surface area (Å²) in [5, 5.41) is -0.246. The number of carbonyl (C=O) groups excluding carboxylic acids is 3. The van der Waals surface area contributed by atoms with Gasteiger partial charge < -0.3 is 12.5 Å². The molecule has 2 bridgehead atoms. The second-order valence-corrected chi connectivity index (χ2v) is 23.1. The largest absolute Gasteiger partial charge is 0.534 e. The average Bonchev–Trinajstić information content (AvgIpc) is 3.99. The Morgan fingerprint density at radius 3 is 1.33 bits per heavy atom. The molecule has 1 aliphatic heterocycles. The van der Waals surface area contributed by atoms with E-state index in [4.69, 9.17) is 4.18 Å². The van der Waals surface area contributed by atoms with Gasteiger partial charge in [0.05, 0.1) is 16.7 Å². The van der Waals surface area contributed by atoms with Gasteiger partial charge in [0.1, 0.15) is 0 Å². The van der Waals surface area contributed by atoms with Gasteiger partial charge in [-0.05, 0) is 55.0 Å². The Morgan fingerprint density at radius 1 is 0.526 bits per heavy atom. The molecule has 0 radical (unpaired) electrons. The fraction of sp³-hybridized carbons (Fsp3) is 0.275. The number of allylic oxidation sites excluding steroid dienone is 2. The summed E-state index contributed by atoms with van der Waals surface area (Å²) in [5.41, 5.74) is -22.7. The first-order chi connectivity index (χ1) is 34.6. The Morgan fingerprint density at radius 2 is 0.921 bits per heavy atom. The maximum absolute atomic E-state index is 12.9. The van der Waals surface area contributed by atoms with E-state index in [1.165, 1.54) is 12.1 Å². The maximum Gasteiger partial charge on any atom is 0.534 e. The van der Waals surface area contributed by atoms with Crippen molar-refractivity contribution in [3.63, 3.8) is 0 Å². The second kappa shape index (κ2) is 21.6. The summed E-state index contributed by atoms with van der Waals surface area (Å²) in [6.45, 7) is 1.86. The van der Waals surface area contributed by atoms with E-state index in [0.717, 1.165) is 5.56 Å². The van der Waals surface area contributed by atoms with Crippen molar-refractivity contribution in [2.75, 3.05) is 0 Å². The molecular weight excluding hydrogens is 1170 g/mol. The maximum atomic E-state index is 12.9. The van der Waals surface area contributed by atoms with Gasteiger partial charge in [0.25, 0.3) is 21.9 Å². The number of nitrogens with zero attached hydrogens (tertiary/aromatic N) is 1.